The average Bonchev–Trinajstić information content (AvgIpc) is 2.60. The lowest BCUT2D eigenvalue weighted by atomic mass is 9.75. The van der Waals surface area contributed by atoms with E-state index >= 15 is 0 Å². The van der Waals surface area contributed by atoms with Gasteiger partial charge in [0.2, 0.25) is 0 Å². The highest BCUT2D eigenvalue weighted by Crippen LogP contribution is 2.35. The minimum Gasteiger partial charge on any atom is -0.453 e. The largest absolute Gasteiger partial charge is 0.453 e. The quantitative estimate of drug-likeness (QED) is 0.810. The third-order valence-corrected chi connectivity index (χ3v) is 5.86. The molecule has 0 aromatic carbocycles. The van der Waals surface area contributed by atoms with Gasteiger partial charge in [0.15, 0.2) is 0 Å². The number of amides is 3. The van der Waals surface area contributed by atoms with Crippen LogP contribution in [0, 0.1) is 5.92 Å². The van der Waals surface area contributed by atoms with Crippen molar-refractivity contribution >= 4 is 12.1 Å². The van der Waals surface area contributed by atoms with Gasteiger partial charge in [-0.3, -0.25) is 0 Å². The molecule has 2 aliphatic rings. The molecule has 2 unspecified atom stereocenters. The fourth-order valence-electron chi connectivity index (χ4n) is 4.17. The molecule has 1 saturated heterocycles. The number of carbonyl (C=O) groups is 2. The predicted octanol–water partition coefficient (Wildman–Crippen LogP) is 2.03. The molecule has 25 heavy (non-hydrogen) atoms. The zero-order valence-electron chi connectivity index (χ0n) is 16.1. The number of likely N-dealkylation sites (N-methyl/N-ethyl adjacent to an activating group) is 1. The van der Waals surface area contributed by atoms with Crippen LogP contribution in [0.25, 0.3) is 0 Å². The van der Waals surface area contributed by atoms with E-state index in [1.54, 1.807) is 4.90 Å². The first-order valence-corrected chi connectivity index (χ1v) is 9.41. The van der Waals surface area contributed by atoms with Gasteiger partial charge in [-0.15, -0.1) is 0 Å². The fourth-order valence-corrected chi connectivity index (χ4v) is 4.17. The van der Waals surface area contributed by atoms with Gasteiger partial charge in [-0.2, -0.15) is 0 Å². The molecule has 1 saturated carbocycles. The number of hydrogen-bond acceptors (Lipinski definition) is 4. The highest BCUT2D eigenvalue weighted by molar-refractivity contribution is 5.74. The Morgan fingerprint density at radius 2 is 1.92 bits per heavy atom. The standard InChI is InChI=1S/C18H34N4O3/c1-14-6-5-9-18(12-14,21(2)3)13-19-16(23)20-15-7-10-22(11-8-15)17(24)25-4/h14-15H,5-13H2,1-4H3,(H2,19,20,23). The van der Waals surface area contributed by atoms with Gasteiger partial charge >= 0.3 is 12.1 Å². The second-order valence-corrected chi connectivity index (χ2v) is 7.88. The molecule has 7 nitrogen and oxygen atoms in total. The van der Waals surface area contributed by atoms with E-state index in [-0.39, 0.29) is 23.7 Å². The summed E-state index contributed by atoms with van der Waals surface area (Å²) in [4.78, 5) is 27.8. The van der Waals surface area contributed by atoms with Crippen LogP contribution in [0.4, 0.5) is 9.59 Å². The molecule has 1 aliphatic heterocycles. The highest BCUT2D eigenvalue weighted by Gasteiger charge is 2.37. The summed E-state index contributed by atoms with van der Waals surface area (Å²) in [6.07, 6.45) is 5.98. The molecule has 0 spiro atoms. The Hall–Kier alpha value is -1.50. The Morgan fingerprint density at radius 1 is 1.24 bits per heavy atom. The number of carbonyl (C=O) groups excluding carboxylic acids is 2. The van der Waals surface area contributed by atoms with Crippen molar-refractivity contribution in [2.45, 2.75) is 57.0 Å². The van der Waals surface area contributed by atoms with Gasteiger partial charge in [0.25, 0.3) is 0 Å². The van der Waals surface area contributed by atoms with E-state index in [2.05, 4.69) is 36.6 Å². The number of ether oxygens (including phenoxy) is 1. The summed E-state index contributed by atoms with van der Waals surface area (Å²) >= 11 is 0. The van der Waals surface area contributed by atoms with Gasteiger partial charge in [-0.05, 0) is 45.7 Å². The SMILES string of the molecule is COC(=O)N1CCC(NC(=O)NCC2(N(C)C)CCCC(C)C2)CC1. The Kier molecular flexibility index (Phi) is 6.93. The lowest BCUT2D eigenvalue weighted by Crippen LogP contribution is -2.57. The Morgan fingerprint density at radius 3 is 2.48 bits per heavy atom. The third kappa shape index (κ3) is 5.23. The van der Waals surface area contributed by atoms with Crippen molar-refractivity contribution in [1.29, 1.82) is 0 Å². The van der Waals surface area contributed by atoms with E-state index in [9.17, 15) is 9.59 Å². The van der Waals surface area contributed by atoms with Crippen molar-refractivity contribution in [1.82, 2.24) is 20.4 Å². The van der Waals surface area contributed by atoms with Crippen LogP contribution in [0.2, 0.25) is 0 Å². The van der Waals surface area contributed by atoms with Gasteiger partial charge in [0, 0.05) is 31.2 Å². The van der Waals surface area contributed by atoms with Crippen LogP contribution < -0.4 is 10.6 Å². The van der Waals surface area contributed by atoms with Crippen molar-refractivity contribution < 1.29 is 14.3 Å². The van der Waals surface area contributed by atoms with E-state index in [0.717, 1.165) is 25.7 Å². The molecule has 0 bridgehead atoms. The first-order valence-electron chi connectivity index (χ1n) is 9.41. The summed E-state index contributed by atoms with van der Waals surface area (Å²) < 4.78 is 4.74. The minimum absolute atomic E-state index is 0.0588. The maximum absolute atomic E-state index is 12.3. The first kappa shape index (κ1) is 19.8. The summed E-state index contributed by atoms with van der Waals surface area (Å²) in [5, 5.41) is 6.15. The monoisotopic (exact) mass is 354 g/mol. The number of piperidine rings is 1. The van der Waals surface area contributed by atoms with Crippen LogP contribution >= 0.6 is 0 Å². The molecule has 2 fully saturated rings. The van der Waals surface area contributed by atoms with Crippen molar-refractivity contribution in [3.63, 3.8) is 0 Å². The van der Waals surface area contributed by atoms with Crippen LogP contribution in [0.3, 0.4) is 0 Å². The van der Waals surface area contributed by atoms with Crippen LogP contribution in [0.1, 0.15) is 45.4 Å². The molecule has 144 valence electrons. The second kappa shape index (κ2) is 8.74. The molecule has 0 radical (unpaired) electrons. The molecule has 2 N–H and O–H groups in total. The zero-order valence-corrected chi connectivity index (χ0v) is 16.1. The number of likely N-dealkylation sites (tertiary alicyclic amines) is 1. The Bertz CT molecular complexity index is 463. The molecular weight excluding hydrogens is 320 g/mol. The van der Waals surface area contributed by atoms with Gasteiger partial charge in [0.05, 0.1) is 7.11 Å². The van der Waals surface area contributed by atoms with Crippen LogP contribution in [-0.2, 0) is 4.74 Å². The molecule has 2 atom stereocenters. The van der Waals surface area contributed by atoms with Crippen molar-refractivity contribution in [3.8, 4) is 0 Å². The second-order valence-electron chi connectivity index (χ2n) is 7.88. The normalized spacial score (nSPS) is 27.9. The Labute approximate surface area is 151 Å². The van der Waals surface area contributed by atoms with Crippen LogP contribution in [0.5, 0.6) is 0 Å². The van der Waals surface area contributed by atoms with Crippen molar-refractivity contribution in [3.05, 3.63) is 0 Å². The summed E-state index contributed by atoms with van der Waals surface area (Å²) in [6.45, 7) is 4.22. The summed E-state index contributed by atoms with van der Waals surface area (Å²) in [6, 6.07) is 0.0115. The van der Waals surface area contributed by atoms with Gasteiger partial charge < -0.3 is 25.2 Å². The summed E-state index contributed by atoms with van der Waals surface area (Å²) in [7, 11) is 5.62. The van der Waals surface area contributed by atoms with Gasteiger partial charge in [-0.1, -0.05) is 19.8 Å². The summed E-state index contributed by atoms with van der Waals surface area (Å²) in [5.41, 5.74) is 0.0588. The van der Waals surface area contributed by atoms with E-state index in [4.69, 9.17) is 4.74 Å². The lowest BCUT2D eigenvalue weighted by molar-refractivity contribution is 0.0769. The highest BCUT2D eigenvalue weighted by atomic mass is 16.5. The topological polar surface area (TPSA) is 73.9 Å². The lowest BCUT2D eigenvalue weighted by Gasteiger charge is -2.45. The molecule has 0 aromatic rings. The molecule has 2 rings (SSSR count). The molecule has 1 aliphatic carbocycles. The molecule has 0 aromatic heterocycles. The van der Waals surface area contributed by atoms with Crippen molar-refractivity contribution in [2.75, 3.05) is 40.8 Å². The predicted molar refractivity (Wildman–Crippen MR) is 97.6 cm³/mol. The zero-order chi connectivity index (χ0) is 18.4. The van der Waals surface area contributed by atoms with E-state index in [0.29, 0.717) is 25.6 Å². The van der Waals surface area contributed by atoms with Crippen molar-refractivity contribution in [2.24, 2.45) is 5.92 Å². The van der Waals surface area contributed by atoms with E-state index < -0.39 is 0 Å². The smallest absolute Gasteiger partial charge is 0.409 e. The molecule has 7 heteroatoms. The number of nitrogens with one attached hydrogen (secondary N) is 2. The maximum atomic E-state index is 12.3. The van der Waals surface area contributed by atoms with Gasteiger partial charge in [-0.25, -0.2) is 9.59 Å². The average molecular weight is 354 g/mol. The molecule has 1 heterocycles. The number of methoxy groups -OCH3 is 1. The number of urea groups is 1. The first-order chi connectivity index (χ1) is 11.9. The van der Waals surface area contributed by atoms with E-state index in [1.807, 2.05) is 0 Å². The molecular formula is C18H34N4O3. The van der Waals surface area contributed by atoms with Gasteiger partial charge in [0.1, 0.15) is 0 Å². The van der Waals surface area contributed by atoms with Crippen LogP contribution in [-0.4, -0.2) is 74.3 Å². The fraction of sp³-hybridized carbons (Fsp3) is 0.889. The summed E-state index contributed by atoms with van der Waals surface area (Å²) in [5.74, 6) is 0.698. The maximum Gasteiger partial charge on any atom is 0.409 e. The number of rotatable bonds is 4. The molecule has 3 amide bonds. The third-order valence-electron chi connectivity index (χ3n) is 5.86. The minimum atomic E-state index is -0.290. The Balaban J connectivity index is 1.77. The van der Waals surface area contributed by atoms with Crippen LogP contribution in [0.15, 0.2) is 0 Å². The van der Waals surface area contributed by atoms with E-state index in [1.165, 1.54) is 20.0 Å². The number of hydrogen-bond donors (Lipinski definition) is 2. The number of nitrogens with zero attached hydrogens (tertiary/aromatic N) is 2.